The molecule has 2 nitrogen and oxygen atoms in total. The van der Waals surface area contributed by atoms with E-state index in [0.29, 0.717) is 13.2 Å². The van der Waals surface area contributed by atoms with Crippen LogP contribution in [0.25, 0.3) is 0 Å². The lowest BCUT2D eigenvalue weighted by atomic mass is 10.1. The molecule has 0 bridgehead atoms. The van der Waals surface area contributed by atoms with Crippen molar-refractivity contribution in [2.24, 2.45) is 0 Å². The second-order valence-corrected chi connectivity index (χ2v) is 3.97. The maximum atomic E-state index is 13.5. The number of hydrogen-bond donors (Lipinski definition) is 1. The monoisotopic (exact) mass is 227 g/mol. The van der Waals surface area contributed by atoms with E-state index in [9.17, 15) is 8.78 Å². The highest BCUT2D eigenvalue weighted by Gasteiger charge is 2.25. The molecule has 0 aliphatic carbocycles. The molecular formula is C12H15F2NO. The molecular weight excluding hydrogens is 212 g/mol. The largest absolute Gasteiger partial charge is 0.370 e. The topological polar surface area (TPSA) is 21.3 Å². The Balaban J connectivity index is 2.14. The van der Waals surface area contributed by atoms with Gasteiger partial charge in [-0.2, -0.15) is 0 Å². The van der Waals surface area contributed by atoms with E-state index in [1.54, 1.807) is 0 Å². The van der Waals surface area contributed by atoms with Crippen molar-refractivity contribution in [3.05, 3.63) is 35.4 Å². The lowest BCUT2D eigenvalue weighted by Crippen LogP contribution is -2.42. The Hall–Kier alpha value is -1.00. The van der Waals surface area contributed by atoms with Crippen LogP contribution in [0.2, 0.25) is 0 Å². The predicted octanol–water partition coefficient (Wildman–Crippen LogP) is 2.40. The molecule has 16 heavy (non-hydrogen) atoms. The van der Waals surface area contributed by atoms with Crippen molar-refractivity contribution < 1.29 is 13.5 Å². The maximum Gasteiger partial charge on any atom is 0.132 e. The summed E-state index contributed by atoms with van der Waals surface area (Å²) in [5.74, 6) is -1.08. The number of rotatable bonds is 2. The zero-order valence-corrected chi connectivity index (χ0v) is 9.17. The number of halogens is 2. The van der Waals surface area contributed by atoms with Crippen molar-refractivity contribution in [3.63, 3.8) is 0 Å². The molecule has 1 fully saturated rings. The summed E-state index contributed by atoms with van der Waals surface area (Å²) in [7, 11) is 0. The van der Waals surface area contributed by atoms with E-state index >= 15 is 0 Å². The Labute approximate surface area is 93.6 Å². The molecule has 0 amide bonds. The van der Waals surface area contributed by atoms with E-state index in [1.807, 2.05) is 6.92 Å². The lowest BCUT2D eigenvalue weighted by molar-refractivity contribution is -0.00161. The summed E-state index contributed by atoms with van der Waals surface area (Å²) in [6.45, 7) is 3.00. The first kappa shape index (κ1) is 11.5. The third-order valence-corrected chi connectivity index (χ3v) is 2.90. The van der Waals surface area contributed by atoms with E-state index in [1.165, 1.54) is 18.2 Å². The van der Waals surface area contributed by atoms with Gasteiger partial charge in [-0.1, -0.05) is 13.0 Å². The quantitative estimate of drug-likeness (QED) is 0.837. The molecule has 0 radical (unpaired) electrons. The Morgan fingerprint density at radius 1 is 1.38 bits per heavy atom. The van der Waals surface area contributed by atoms with Gasteiger partial charge in [-0.15, -0.1) is 0 Å². The lowest BCUT2D eigenvalue weighted by Gasteiger charge is -2.30. The maximum absolute atomic E-state index is 13.5. The van der Waals surface area contributed by atoms with Gasteiger partial charge >= 0.3 is 0 Å². The molecule has 0 saturated carbocycles. The SMILES string of the molecule is CCC1COC(c2c(F)cccc2F)CN1. The van der Waals surface area contributed by atoms with Crippen LogP contribution in [0.3, 0.4) is 0 Å². The fraction of sp³-hybridized carbons (Fsp3) is 0.500. The minimum atomic E-state index is -0.540. The average molecular weight is 227 g/mol. The van der Waals surface area contributed by atoms with Gasteiger partial charge in [0.05, 0.1) is 12.2 Å². The molecule has 1 N–H and O–H groups in total. The summed E-state index contributed by atoms with van der Waals surface area (Å²) in [4.78, 5) is 0. The molecule has 1 aromatic carbocycles. The van der Waals surface area contributed by atoms with Gasteiger partial charge in [0.15, 0.2) is 0 Å². The van der Waals surface area contributed by atoms with Gasteiger partial charge in [0.25, 0.3) is 0 Å². The van der Waals surface area contributed by atoms with Crippen molar-refractivity contribution in [1.82, 2.24) is 5.32 Å². The second-order valence-electron chi connectivity index (χ2n) is 3.97. The Kier molecular flexibility index (Phi) is 3.51. The van der Waals surface area contributed by atoms with Crippen molar-refractivity contribution in [2.75, 3.05) is 13.2 Å². The summed E-state index contributed by atoms with van der Waals surface area (Å²) in [5, 5.41) is 3.21. The number of hydrogen-bond acceptors (Lipinski definition) is 2. The van der Waals surface area contributed by atoms with Crippen LogP contribution in [-0.2, 0) is 4.74 Å². The van der Waals surface area contributed by atoms with Crippen LogP contribution in [-0.4, -0.2) is 19.2 Å². The molecule has 1 saturated heterocycles. The molecule has 0 spiro atoms. The summed E-state index contributed by atoms with van der Waals surface area (Å²) in [6.07, 6.45) is 0.427. The van der Waals surface area contributed by atoms with Gasteiger partial charge in [0.1, 0.15) is 17.7 Å². The van der Waals surface area contributed by atoms with Crippen LogP contribution < -0.4 is 5.32 Å². The van der Waals surface area contributed by atoms with Crippen LogP contribution in [0.15, 0.2) is 18.2 Å². The van der Waals surface area contributed by atoms with E-state index in [4.69, 9.17) is 4.74 Å². The van der Waals surface area contributed by atoms with Crippen molar-refractivity contribution in [1.29, 1.82) is 0 Å². The minimum absolute atomic E-state index is 0.0320. The summed E-state index contributed by atoms with van der Waals surface area (Å²) < 4.78 is 32.4. The number of ether oxygens (including phenoxy) is 1. The highest BCUT2D eigenvalue weighted by atomic mass is 19.1. The van der Waals surface area contributed by atoms with Crippen molar-refractivity contribution in [2.45, 2.75) is 25.5 Å². The first-order valence-electron chi connectivity index (χ1n) is 5.51. The molecule has 1 aliphatic heterocycles. The second kappa shape index (κ2) is 4.89. The minimum Gasteiger partial charge on any atom is -0.370 e. The number of morpholine rings is 1. The van der Waals surface area contributed by atoms with Crippen molar-refractivity contribution in [3.8, 4) is 0 Å². The fourth-order valence-corrected chi connectivity index (χ4v) is 1.89. The summed E-state index contributed by atoms with van der Waals surface area (Å²) >= 11 is 0. The molecule has 2 rings (SSSR count). The summed E-state index contributed by atoms with van der Waals surface area (Å²) in [6, 6.07) is 4.16. The predicted molar refractivity (Wildman–Crippen MR) is 57.1 cm³/mol. The standard InChI is InChI=1S/C12H15F2NO/c1-2-8-7-16-11(6-15-8)12-9(13)4-3-5-10(12)14/h3-5,8,11,15H,2,6-7H2,1H3. The van der Waals surface area contributed by atoms with Gasteiger partial charge in [-0.25, -0.2) is 8.78 Å². The van der Waals surface area contributed by atoms with Crippen molar-refractivity contribution >= 4 is 0 Å². The zero-order chi connectivity index (χ0) is 11.5. The van der Waals surface area contributed by atoms with Crippen LogP contribution in [0.1, 0.15) is 25.0 Å². The first-order chi connectivity index (χ1) is 7.72. The average Bonchev–Trinajstić information content (AvgIpc) is 2.30. The molecule has 88 valence electrons. The van der Waals surface area contributed by atoms with E-state index in [2.05, 4.69) is 5.32 Å². The van der Waals surface area contributed by atoms with Gasteiger partial charge in [0.2, 0.25) is 0 Å². The summed E-state index contributed by atoms with van der Waals surface area (Å²) in [5.41, 5.74) is 0.0320. The number of benzene rings is 1. The molecule has 2 atom stereocenters. The molecule has 1 aliphatic rings. The normalized spacial score (nSPS) is 25.7. The van der Waals surface area contributed by atoms with Gasteiger partial charge < -0.3 is 10.1 Å². The fourth-order valence-electron chi connectivity index (χ4n) is 1.89. The smallest absolute Gasteiger partial charge is 0.132 e. The van der Waals surface area contributed by atoms with Gasteiger partial charge in [0, 0.05) is 12.6 Å². The molecule has 1 heterocycles. The highest BCUT2D eigenvalue weighted by Crippen LogP contribution is 2.25. The first-order valence-corrected chi connectivity index (χ1v) is 5.51. The zero-order valence-electron chi connectivity index (χ0n) is 9.17. The van der Waals surface area contributed by atoms with Crippen LogP contribution in [0, 0.1) is 11.6 Å². The van der Waals surface area contributed by atoms with Crippen LogP contribution >= 0.6 is 0 Å². The Bertz CT molecular complexity index is 342. The van der Waals surface area contributed by atoms with Crippen LogP contribution in [0.5, 0.6) is 0 Å². The van der Waals surface area contributed by atoms with Gasteiger partial charge in [-0.3, -0.25) is 0 Å². The Morgan fingerprint density at radius 3 is 2.56 bits per heavy atom. The number of nitrogens with one attached hydrogen (secondary N) is 1. The third kappa shape index (κ3) is 2.23. The molecule has 1 aromatic rings. The van der Waals surface area contributed by atoms with E-state index in [-0.39, 0.29) is 11.6 Å². The Morgan fingerprint density at radius 2 is 2.06 bits per heavy atom. The van der Waals surface area contributed by atoms with E-state index < -0.39 is 17.7 Å². The molecule has 0 aromatic heterocycles. The highest BCUT2D eigenvalue weighted by molar-refractivity contribution is 5.23. The van der Waals surface area contributed by atoms with Gasteiger partial charge in [-0.05, 0) is 18.6 Å². The third-order valence-electron chi connectivity index (χ3n) is 2.90. The van der Waals surface area contributed by atoms with Crippen LogP contribution in [0.4, 0.5) is 8.78 Å². The van der Waals surface area contributed by atoms with E-state index in [0.717, 1.165) is 6.42 Å². The molecule has 2 unspecified atom stereocenters. The molecule has 4 heteroatoms.